The van der Waals surface area contributed by atoms with Gasteiger partial charge in [0.25, 0.3) is 0 Å². The number of carbonyl (C=O) groups is 1. The summed E-state index contributed by atoms with van der Waals surface area (Å²) in [5, 5.41) is 0. The monoisotopic (exact) mass is 860 g/mol. The lowest BCUT2D eigenvalue weighted by Crippen LogP contribution is -2.35. The summed E-state index contributed by atoms with van der Waals surface area (Å²) in [6.07, 6.45) is -1.25. The van der Waals surface area contributed by atoms with Crippen molar-refractivity contribution in [2.75, 3.05) is 0 Å². The summed E-state index contributed by atoms with van der Waals surface area (Å²) in [6.45, 7) is 1.74. The number of hydrogen-bond acceptors (Lipinski definition) is 8. The van der Waals surface area contributed by atoms with Crippen LogP contribution in [0.2, 0.25) is 0 Å². The summed E-state index contributed by atoms with van der Waals surface area (Å²) in [6, 6.07) is 66.3. The summed E-state index contributed by atoms with van der Waals surface area (Å²) >= 11 is 0. The minimum absolute atomic E-state index is 0.291. The molecule has 1 heterocycles. The maximum Gasteiger partial charge on any atom is 0.338 e. The maximum atomic E-state index is 14.1. The van der Waals surface area contributed by atoms with E-state index in [-0.39, 0.29) is 0 Å². The molecule has 0 bridgehead atoms. The Morgan fingerprint density at radius 1 is 0.431 bits per heavy atom. The van der Waals surface area contributed by atoms with Crippen LogP contribution in [0.3, 0.4) is 0 Å². The highest BCUT2D eigenvalue weighted by atomic mass is 16.6. The molecule has 0 amide bonds. The second kappa shape index (κ2) is 20.9. The van der Waals surface area contributed by atoms with Gasteiger partial charge in [-0.05, 0) is 64.2 Å². The Kier molecular flexibility index (Phi) is 13.6. The fourth-order valence-corrected chi connectivity index (χ4v) is 7.54. The van der Waals surface area contributed by atoms with Crippen LogP contribution in [0.1, 0.15) is 55.4 Å². The Balaban J connectivity index is 1.04. The number of ether oxygens (including phenoxy) is 7. The first-order valence-corrected chi connectivity index (χ1v) is 21.7. The highest BCUT2D eigenvalue weighted by Crippen LogP contribution is 2.45. The Morgan fingerprint density at radius 3 is 1.38 bits per heavy atom. The third-order valence-electron chi connectivity index (χ3n) is 11.0. The molecule has 0 radical (unpaired) electrons. The van der Waals surface area contributed by atoms with Crippen LogP contribution in [0.4, 0.5) is 0 Å². The van der Waals surface area contributed by atoms with E-state index in [1.165, 1.54) is 0 Å². The SMILES string of the molecule is O=C(O[C@@H]1Cc2c(OCc3ccccc3)cc(OCc3ccccc3)cc2O[C@@H]1c1ccc(OCc2ccccc2)c(OCc2ccccc2)c1)c1ccc(OCc2ccccc2)cc1. The van der Waals surface area contributed by atoms with Gasteiger partial charge >= 0.3 is 5.97 Å². The molecule has 8 aromatic rings. The molecule has 0 N–H and O–H groups in total. The first-order chi connectivity index (χ1) is 32.1. The van der Waals surface area contributed by atoms with Crippen molar-refractivity contribution < 1.29 is 38.0 Å². The van der Waals surface area contributed by atoms with Gasteiger partial charge in [0.05, 0.1) is 5.56 Å². The van der Waals surface area contributed by atoms with Crippen LogP contribution in [0.5, 0.6) is 34.5 Å². The van der Waals surface area contributed by atoms with E-state index in [0.717, 1.165) is 38.9 Å². The van der Waals surface area contributed by atoms with Gasteiger partial charge in [0, 0.05) is 29.7 Å². The number of rotatable bonds is 18. The number of esters is 1. The van der Waals surface area contributed by atoms with Crippen molar-refractivity contribution in [1.82, 2.24) is 0 Å². The van der Waals surface area contributed by atoms with Crippen LogP contribution in [0, 0.1) is 0 Å². The number of benzene rings is 8. The van der Waals surface area contributed by atoms with Gasteiger partial charge < -0.3 is 33.2 Å². The second-order valence-electron chi connectivity index (χ2n) is 15.7. The van der Waals surface area contributed by atoms with Crippen molar-refractivity contribution in [1.29, 1.82) is 0 Å². The van der Waals surface area contributed by atoms with Crippen LogP contribution < -0.4 is 28.4 Å². The van der Waals surface area contributed by atoms with E-state index in [1.54, 1.807) is 24.3 Å². The summed E-state index contributed by atoms with van der Waals surface area (Å²) in [5.41, 5.74) is 6.97. The summed E-state index contributed by atoms with van der Waals surface area (Å²) in [5.74, 6) is 2.95. The number of carbonyl (C=O) groups excluding carboxylic acids is 1. The minimum Gasteiger partial charge on any atom is -0.489 e. The van der Waals surface area contributed by atoms with Gasteiger partial charge in [0.15, 0.2) is 17.6 Å². The molecule has 0 unspecified atom stereocenters. The Hall–Kier alpha value is -7.97. The van der Waals surface area contributed by atoms with Crippen LogP contribution >= 0.6 is 0 Å². The van der Waals surface area contributed by atoms with Gasteiger partial charge in [-0.2, -0.15) is 0 Å². The van der Waals surface area contributed by atoms with Crippen LogP contribution in [-0.4, -0.2) is 12.1 Å². The second-order valence-corrected chi connectivity index (χ2v) is 15.7. The lowest BCUT2D eigenvalue weighted by atomic mass is 9.93. The largest absolute Gasteiger partial charge is 0.489 e. The van der Waals surface area contributed by atoms with Crippen molar-refractivity contribution >= 4 is 5.97 Å². The minimum atomic E-state index is -0.780. The van der Waals surface area contributed by atoms with Gasteiger partial charge in [-0.1, -0.05) is 158 Å². The first-order valence-electron chi connectivity index (χ1n) is 21.7. The van der Waals surface area contributed by atoms with Gasteiger partial charge in [-0.25, -0.2) is 4.79 Å². The predicted molar refractivity (Wildman–Crippen MR) is 249 cm³/mol. The molecule has 1 aliphatic heterocycles. The normalized spacial score (nSPS) is 14.0. The summed E-state index contributed by atoms with van der Waals surface area (Å²) < 4.78 is 45.3. The predicted octanol–water partition coefficient (Wildman–Crippen LogP) is 12.5. The Morgan fingerprint density at radius 2 is 0.877 bits per heavy atom. The average molecular weight is 861 g/mol. The van der Waals surface area contributed by atoms with Crippen molar-refractivity contribution in [2.24, 2.45) is 0 Å². The molecule has 0 fully saturated rings. The molecule has 0 saturated heterocycles. The zero-order valence-electron chi connectivity index (χ0n) is 35.8. The molecule has 324 valence electrons. The smallest absolute Gasteiger partial charge is 0.338 e. The van der Waals surface area contributed by atoms with Crippen molar-refractivity contribution in [2.45, 2.75) is 51.7 Å². The van der Waals surface area contributed by atoms with Crippen LogP contribution in [0.25, 0.3) is 0 Å². The van der Waals surface area contributed by atoms with Gasteiger partial charge in [-0.3, -0.25) is 0 Å². The van der Waals surface area contributed by atoms with E-state index in [2.05, 4.69) is 0 Å². The quantitative estimate of drug-likeness (QED) is 0.0789. The molecule has 8 aromatic carbocycles. The molecular formula is C57H48O8. The van der Waals surface area contributed by atoms with Gasteiger partial charge in [-0.15, -0.1) is 0 Å². The fraction of sp³-hybridized carbons (Fsp3) is 0.140. The molecule has 8 nitrogen and oxygen atoms in total. The topological polar surface area (TPSA) is 81.7 Å². The van der Waals surface area contributed by atoms with Crippen LogP contribution in [-0.2, 0) is 44.2 Å². The molecule has 0 aliphatic carbocycles. The Bertz CT molecular complexity index is 2750. The molecule has 9 rings (SSSR count). The first kappa shape index (κ1) is 42.3. The highest BCUT2D eigenvalue weighted by Gasteiger charge is 2.37. The zero-order chi connectivity index (χ0) is 44.0. The zero-order valence-corrected chi connectivity index (χ0v) is 35.8. The maximum absolute atomic E-state index is 14.1. The Labute approximate surface area is 379 Å². The molecule has 0 saturated carbocycles. The average Bonchev–Trinajstić information content (AvgIpc) is 3.37. The van der Waals surface area contributed by atoms with Gasteiger partial charge in [0.1, 0.15) is 62.1 Å². The van der Waals surface area contributed by atoms with E-state index >= 15 is 0 Å². The number of hydrogen-bond donors (Lipinski definition) is 0. The van der Waals surface area contributed by atoms with Crippen LogP contribution in [0.15, 0.2) is 206 Å². The number of fused-ring (bicyclic) bond motifs is 1. The molecule has 2 atom stereocenters. The fourth-order valence-electron chi connectivity index (χ4n) is 7.54. The molecule has 8 heteroatoms. The van der Waals surface area contributed by atoms with Crippen molar-refractivity contribution in [3.05, 3.63) is 251 Å². The van der Waals surface area contributed by atoms with E-state index in [4.69, 9.17) is 33.2 Å². The third kappa shape index (κ3) is 11.4. The molecule has 1 aliphatic rings. The lowest BCUT2D eigenvalue weighted by molar-refractivity contribution is -0.0190. The van der Waals surface area contributed by atoms with E-state index in [9.17, 15) is 4.79 Å². The molecule has 0 aromatic heterocycles. The van der Waals surface area contributed by atoms with E-state index in [1.807, 2.05) is 182 Å². The molecular weight excluding hydrogens is 813 g/mol. The third-order valence-corrected chi connectivity index (χ3v) is 11.0. The molecule has 65 heavy (non-hydrogen) atoms. The highest BCUT2D eigenvalue weighted by molar-refractivity contribution is 5.89. The molecule has 0 spiro atoms. The summed E-state index contributed by atoms with van der Waals surface area (Å²) in [4.78, 5) is 14.1. The lowest BCUT2D eigenvalue weighted by Gasteiger charge is -2.35. The standard InChI is InChI=1S/C57H48O8/c58-57(46-26-29-48(30-27-46)59-36-41-16-6-1-7-17-41)65-55-35-50-52(62-39-44-22-12-4-13-23-44)33-49(60-37-42-18-8-2-9-19-42)34-53(50)64-56(55)47-28-31-51(61-38-43-20-10-3-11-21-43)54(32-47)63-40-45-24-14-5-15-25-45/h1-34,55-56H,35-40H2/t55-,56-/m1/s1. The van der Waals surface area contributed by atoms with Crippen molar-refractivity contribution in [3.8, 4) is 34.5 Å². The van der Waals surface area contributed by atoms with E-state index in [0.29, 0.717) is 79.5 Å². The summed E-state index contributed by atoms with van der Waals surface area (Å²) in [7, 11) is 0. The van der Waals surface area contributed by atoms with Gasteiger partial charge in [0.2, 0.25) is 0 Å². The van der Waals surface area contributed by atoms with E-state index < -0.39 is 18.2 Å². The van der Waals surface area contributed by atoms with Crippen molar-refractivity contribution in [3.63, 3.8) is 0 Å².